The van der Waals surface area contributed by atoms with Crippen molar-refractivity contribution in [3.05, 3.63) is 23.5 Å². The van der Waals surface area contributed by atoms with Gasteiger partial charge < -0.3 is 5.73 Å². The summed E-state index contributed by atoms with van der Waals surface area (Å²) in [6, 6.07) is 2.46. The van der Waals surface area contributed by atoms with Gasteiger partial charge in [-0.25, -0.2) is 12.8 Å². The van der Waals surface area contributed by atoms with E-state index in [0.717, 1.165) is 10.4 Å². The van der Waals surface area contributed by atoms with Gasteiger partial charge in [0, 0.05) is 12.7 Å². The fourth-order valence-electron chi connectivity index (χ4n) is 1.33. The number of terminal acetylenes is 1. The van der Waals surface area contributed by atoms with E-state index in [2.05, 4.69) is 5.92 Å². The molecule has 0 radical (unpaired) electrons. The number of halogens is 1. The number of nitrogens with two attached hydrogens (primary N) is 1. The Morgan fingerprint density at radius 3 is 2.65 bits per heavy atom. The number of rotatable bonds is 3. The quantitative estimate of drug-likeness (QED) is 0.647. The SMILES string of the molecule is C#CCN(C)S(=O)(=O)c1cc(N)cc(C)c1F. The summed E-state index contributed by atoms with van der Waals surface area (Å²) >= 11 is 0. The molecule has 0 aliphatic rings. The Kier molecular flexibility index (Phi) is 3.76. The molecular weight excluding hydrogens is 243 g/mol. The number of nitrogen functional groups attached to an aromatic ring is 1. The Labute approximate surface area is 100 Å². The first-order valence-corrected chi connectivity index (χ1v) is 6.20. The highest BCUT2D eigenvalue weighted by molar-refractivity contribution is 7.89. The second-order valence-electron chi connectivity index (χ2n) is 3.62. The van der Waals surface area contributed by atoms with Gasteiger partial charge in [-0.2, -0.15) is 4.31 Å². The van der Waals surface area contributed by atoms with E-state index < -0.39 is 20.7 Å². The van der Waals surface area contributed by atoms with Crippen molar-refractivity contribution in [2.24, 2.45) is 0 Å². The number of anilines is 1. The molecule has 1 aromatic rings. The first-order valence-electron chi connectivity index (χ1n) is 4.76. The normalized spacial score (nSPS) is 11.5. The van der Waals surface area contributed by atoms with Crippen LogP contribution in [0.4, 0.5) is 10.1 Å². The average molecular weight is 256 g/mol. The monoisotopic (exact) mass is 256 g/mol. The molecular formula is C11H13FN2O2S. The summed E-state index contributed by atoms with van der Waals surface area (Å²) in [4.78, 5) is -0.451. The molecule has 0 aliphatic heterocycles. The predicted octanol–water partition coefficient (Wildman–Crippen LogP) is 0.970. The van der Waals surface area contributed by atoms with Gasteiger partial charge >= 0.3 is 0 Å². The van der Waals surface area contributed by atoms with Crippen LogP contribution >= 0.6 is 0 Å². The number of sulfonamides is 1. The second kappa shape index (κ2) is 4.73. The zero-order valence-electron chi connectivity index (χ0n) is 9.57. The van der Waals surface area contributed by atoms with E-state index in [1.807, 2.05) is 0 Å². The molecule has 0 saturated carbocycles. The molecule has 0 fully saturated rings. The Morgan fingerprint density at radius 1 is 1.53 bits per heavy atom. The van der Waals surface area contributed by atoms with E-state index in [0.29, 0.717) is 0 Å². The molecule has 0 spiro atoms. The second-order valence-corrected chi connectivity index (χ2v) is 5.63. The lowest BCUT2D eigenvalue weighted by molar-refractivity contribution is 0.491. The summed E-state index contributed by atoms with van der Waals surface area (Å²) in [6.45, 7) is 1.32. The smallest absolute Gasteiger partial charge is 0.246 e. The number of hydrogen-bond donors (Lipinski definition) is 1. The van der Waals surface area contributed by atoms with E-state index >= 15 is 0 Å². The molecule has 2 N–H and O–H groups in total. The van der Waals surface area contributed by atoms with Crippen molar-refractivity contribution in [2.45, 2.75) is 11.8 Å². The lowest BCUT2D eigenvalue weighted by atomic mass is 10.2. The zero-order chi connectivity index (χ0) is 13.2. The molecule has 1 rings (SSSR count). The maximum Gasteiger partial charge on any atom is 0.246 e. The number of benzene rings is 1. The van der Waals surface area contributed by atoms with E-state index in [9.17, 15) is 12.8 Å². The summed E-state index contributed by atoms with van der Waals surface area (Å²) in [6.07, 6.45) is 5.03. The van der Waals surface area contributed by atoms with Gasteiger partial charge in [0.2, 0.25) is 10.0 Å². The molecule has 0 amide bonds. The summed E-state index contributed by atoms with van der Waals surface area (Å²) in [7, 11) is -2.66. The standard InChI is InChI=1S/C11H13FN2O2S/c1-4-5-14(3)17(15,16)10-7-9(13)6-8(2)11(10)12/h1,6-7H,5,13H2,2-3H3. The zero-order valence-corrected chi connectivity index (χ0v) is 10.4. The molecule has 1 aromatic carbocycles. The Bertz CT molecular complexity index is 576. The van der Waals surface area contributed by atoms with Crippen molar-refractivity contribution in [3.8, 4) is 12.3 Å². The van der Waals surface area contributed by atoms with Crippen LogP contribution in [0.5, 0.6) is 0 Å². The third-order valence-corrected chi connectivity index (χ3v) is 4.05. The van der Waals surface area contributed by atoms with Gasteiger partial charge in [-0.05, 0) is 24.6 Å². The largest absolute Gasteiger partial charge is 0.399 e. The average Bonchev–Trinajstić information content (AvgIpc) is 2.23. The lowest BCUT2D eigenvalue weighted by Gasteiger charge is -2.16. The minimum atomic E-state index is -3.94. The molecule has 4 nitrogen and oxygen atoms in total. The van der Waals surface area contributed by atoms with Crippen LogP contribution in [-0.2, 0) is 10.0 Å². The van der Waals surface area contributed by atoms with Gasteiger partial charge in [0.15, 0.2) is 0 Å². The van der Waals surface area contributed by atoms with E-state index in [-0.39, 0.29) is 17.8 Å². The fourth-order valence-corrected chi connectivity index (χ4v) is 2.59. The number of aryl methyl sites for hydroxylation is 1. The van der Waals surface area contributed by atoms with Crippen molar-refractivity contribution < 1.29 is 12.8 Å². The molecule has 0 atom stereocenters. The topological polar surface area (TPSA) is 63.4 Å². The first-order chi connectivity index (χ1) is 7.80. The third kappa shape index (κ3) is 2.57. The summed E-state index contributed by atoms with van der Waals surface area (Å²) in [5, 5.41) is 0. The third-order valence-electron chi connectivity index (χ3n) is 2.25. The van der Waals surface area contributed by atoms with Crippen molar-refractivity contribution in [1.82, 2.24) is 4.31 Å². The summed E-state index contributed by atoms with van der Waals surface area (Å²) in [5.41, 5.74) is 5.88. The van der Waals surface area contributed by atoms with E-state index in [1.165, 1.54) is 20.0 Å². The van der Waals surface area contributed by atoms with Crippen molar-refractivity contribution >= 4 is 15.7 Å². The van der Waals surface area contributed by atoms with Gasteiger partial charge in [0.1, 0.15) is 10.7 Å². The molecule has 0 aliphatic carbocycles. The molecule has 6 heteroatoms. The van der Waals surface area contributed by atoms with Gasteiger partial charge in [-0.15, -0.1) is 6.42 Å². The highest BCUT2D eigenvalue weighted by Crippen LogP contribution is 2.23. The van der Waals surface area contributed by atoms with E-state index in [1.54, 1.807) is 0 Å². The van der Waals surface area contributed by atoms with Crippen molar-refractivity contribution in [2.75, 3.05) is 19.3 Å². The van der Waals surface area contributed by atoms with E-state index in [4.69, 9.17) is 12.2 Å². The maximum atomic E-state index is 13.8. The predicted molar refractivity (Wildman–Crippen MR) is 64.2 cm³/mol. The van der Waals surface area contributed by atoms with Crippen LogP contribution in [-0.4, -0.2) is 26.3 Å². The highest BCUT2D eigenvalue weighted by atomic mass is 32.2. The Morgan fingerprint density at radius 2 is 2.12 bits per heavy atom. The minimum Gasteiger partial charge on any atom is -0.399 e. The number of nitrogens with zero attached hydrogens (tertiary/aromatic N) is 1. The van der Waals surface area contributed by atoms with Crippen molar-refractivity contribution in [3.63, 3.8) is 0 Å². The van der Waals surface area contributed by atoms with Crippen molar-refractivity contribution in [1.29, 1.82) is 0 Å². The van der Waals surface area contributed by atoms with Crippen LogP contribution in [0.2, 0.25) is 0 Å². The maximum absolute atomic E-state index is 13.8. The van der Waals surface area contributed by atoms with Crippen LogP contribution in [0.15, 0.2) is 17.0 Å². The fraction of sp³-hybridized carbons (Fsp3) is 0.273. The van der Waals surface area contributed by atoms with Gasteiger partial charge in [0.05, 0.1) is 6.54 Å². The van der Waals surface area contributed by atoms with Crippen LogP contribution in [0, 0.1) is 25.1 Å². The van der Waals surface area contributed by atoms with Gasteiger partial charge in [-0.1, -0.05) is 5.92 Å². The van der Waals surface area contributed by atoms with Crippen LogP contribution in [0.25, 0.3) is 0 Å². The van der Waals surface area contributed by atoms with Gasteiger partial charge in [-0.3, -0.25) is 0 Å². The summed E-state index contributed by atoms with van der Waals surface area (Å²) < 4.78 is 38.6. The molecule has 0 unspecified atom stereocenters. The molecule has 17 heavy (non-hydrogen) atoms. The molecule has 92 valence electrons. The van der Waals surface area contributed by atoms with Crippen LogP contribution in [0.3, 0.4) is 0 Å². The summed E-state index contributed by atoms with van der Waals surface area (Å²) in [5.74, 6) is 1.38. The highest BCUT2D eigenvalue weighted by Gasteiger charge is 2.25. The van der Waals surface area contributed by atoms with Gasteiger partial charge in [0.25, 0.3) is 0 Å². The van der Waals surface area contributed by atoms with Crippen LogP contribution in [0.1, 0.15) is 5.56 Å². The molecule has 0 heterocycles. The Hall–Kier alpha value is -1.58. The van der Waals surface area contributed by atoms with Crippen LogP contribution < -0.4 is 5.73 Å². The minimum absolute atomic E-state index is 0.129. The molecule has 0 aromatic heterocycles. The lowest BCUT2D eigenvalue weighted by Crippen LogP contribution is -2.28. The number of hydrogen-bond acceptors (Lipinski definition) is 3. The first kappa shape index (κ1) is 13.5. The molecule has 0 bridgehead atoms. The molecule has 0 saturated heterocycles. The Balaban J connectivity index is 3.40.